The van der Waals surface area contributed by atoms with Crippen molar-refractivity contribution < 1.29 is 61.3 Å². The highest BCUT2D eigenvalue weighted by molar-refractivity contribution is 5.57. The minimum absolute atomic E-state index is 0.00793. The molecule has 12 N–H and O–H groups in total. The molecule has 12 nitrogen and oxygen atoms in total. The number of hydrogen-bond donors (Lipinski definition) is 12. The maximum atomic E-state index is 10.7. The Labute approximate surface area is 309 Å². The van der Waals surface area contributed by atoms with Gasteiger partial charge in [-0.1, -0.05) is 47.5 Å². The molecule has 0 unspecified atom stereocenters. The first-order valence-electron chi connectivity index (χ1n) is 16.6. The molecular formula is C42H40O12. The van der Waals surface area contributed by atoms with Crippen LogP contribution in [0.25, 0.3) is 0 Å². The minimum Gasteiger partial charge on any atom is -0.508 e. The van der Waals surface area contributed by atoms with Crippen molar-refractivity contribution in [1.29, 1.82) is 0 Å². The van der Waals surface area contributed by atoms with E-state index in [9.17, 15) is 61.3 Å². The van der Waals surface area contributed by atoms with Crippen LogP contribution in [0.1, 0.15) is 55.6 Å². The first-order valence-corrected chi connectivity index (χ1v) is 16.6. The Hall–Kier alpha value is -7.08. The third-order valence-corrected chi connectivity index (χ3v) is 8.83. The Morgan fingerprint density at radius 2 is 0.574 bits per heavy atom. The molecule has 54 heavy (non-hydrogen) atoms. The molecule has 0 saturated carbocycles. The molecule has 0 fully saturated rings. The van der Waals surface area contributed by atoms with Gasteiger partial charge < -0.3 is 61.3 Å². The summed E-state index contributed by atoms with van der Waals surface area (Å²) >= 11 is 0. The van der Waals surface area contributed by atoms with Crippen molar-refractivity contribution in [2.45, 2.75) is 39.5 Å². The Morgan fingerprint density at radius 1 is 0.296 bits per heavy atom. The molecule has 0 spiro atoms. The fourth-order valence-corrected chi connectivity index (χ4v) is 6.22. The van der Waals surface area contributed by atoms with Gasteiger partial charge in [-0.05, 0) is 59.4 Å². The van der Waals surface area contributed by atoms with E-state index in [1.54, 1.807) is 31.2 Å². The van der Waals surface area contributed by atoms with Gasteiger partial charge in [-0.3, -0.25) is 0 Å². The van der Waals surface area contributed by atoms with Crippen LogP contribution in [0.2, 0.25) is 0 Å². The monoisotopic (exact) mass is 736 g/mol. The number of aryl methyl sites for hydroxylation is 2. The van der Waals surface area contributed by atoms with Crippen LogP contribution in [0.4, 0.5) is 0 Å². The molecule has 6 aromatic rings. The van der Waals surface area contributed by atoms with Gasteiger partial charge in [0.25, 0.3) is 0 Å². The average Bonchev–Trinajstić information content (AvgIpc) is 3.07. The second kappa shape index (κ2) is 15.7. The van der Waals surface area contributed by atoms with Crippen molar-refractivity contribution in [2.24, 2.45) is 0 Å². The van der Waals surface area contributed by atoms with Gasteiger partial charge in [-0.15, -0.1) is 0 Å². The van der Waals surface area contributed by atoms with Crippen LogP contribution in [-0.2, 0) is 25.7 Å². The highest BCUT2D eigenvalue weighted by Crippen LogP contribution is 2.40. The fourth-order valence-electron chi connectivity index (χ4n) is 6.22. The number of phenols is 12. The second-order valence-electron chi connectivity index (χ2n) is 13.1. The molecule has 0 radical (unpaired) electrons. The number of aromatic hydroxyl groups is 12. The van der Waals surface area contributed by atoms with Gasteiger partial charge in [0, 0.05) is 73.2 Å². The quantitative estimate of drug-likeness (QED) is 0.0770. The van der Waals surface area contributed by atoms with Crippen molar-refractivity contribution in [3.63, 3.8) is 0 Å². The van der Waals surface area contributed by atoms with Crippen molar-refractivity contribution >= 4 is 0 Å². The average molecular weight is 737 g/mol. The third kappa shape index (κ3) is 8.86. The Morgan fingerprint density at radius 3 is 0.870 bits per heavy atom. The van der Waals surface area contributed by atoms with Crippen LogP contribution in [-0.4, -0.2) is 61.3 Å². The summed E-state index contributed by atoms with van der Waals surface area (Å²) in [5.74, 6) is -1.97. The van der Waals surface area contributed by atoms with Crippen molar-refractivity contribution in [3.8, 4) is 69.0 Å². The second-order valence-corrected chi connectivity index (χ2v) is 13.1. The standard InChI is InChI=1S/C21H20O7.C21H20O5/c1-10-2-11(4-15-17(24)6-13(22)7-18(15)25)21(28)12(3-10)5-16-19(26)8-14(23)9-20(16)27;1-12-6-15(8-13-2-4-17(22)10-19(13)24)21(26)16(7-12)9-14-3-5-18(23)11-20(14)25/h2-3,6-9,22-28H,4-5H2,1H3;2-7,10-11,22-26H,8-9H2,1H3. The summed E-state index contributed by atoms with van der Waals surface area (Å²) in [7, 11) is 0. The third-order valence-electron chi connectivity index (χ3n) is 8.83. The van der Waals surface area contributed by atoms with Gasteiger partial charge in [0.2, 0.25) is 0 Å². The molecule has 0 aromatic heterocycles. The molecule has 280 valence electrons. The molecule has 0 atom stereocenters. The van der Waals surface area contributed by atoms with E-state index in [0.29, 0.717) is 46.2 Å². The van der Waals surface area contributed by atoms with Crippen LogP contribution in [0.15, 0.2) is 84.9 Å². The molecular weight excluding hydrogens is 696 g/mol. The van der Waals surface area contributed by atoms with Gasteiger partial charge in [-0.2, -0.15) is 0 Å². The van der Waals surface area contributed by atoms with Gasteiger partial charge in [0.05, 0.1) is 0 Å². The van der Waals surface area contributed by atoms with Crippen molar-refractivity contribution in [1.82, 2.24) is 0 Å². The largest absolute Gasteiger partial charge is 0.508 e. The predicted molar refractivity (Wildman–Crippen MR) is 199 cm³/mol. The molecule has 0 amide bonds. The molecule has 6 rings (SSSR count). The van der Waals surface area contributed by atoms with E-state index >= 15 is 0 Å². The van der Waals surface area contributed by atoms with Crippen molar-refractivity contribution in [3.05, 3.63) is 141 Å². The Kier molecular flexibility index (Phi) is 11.1. The molecule has 0 aliphatic heterocycles. The lowest BCUT2D eigenvalue weighted by Gasteiger charge is -2.15. The summed E-state index contributed by atoms with van der Waals surface area (Å²) in [5.41, 5.74) is 5.25. The smallest absolute Gasteiger partial charge is 0.126 e. The van der Waals surface area contributed by atoms with Crippen molar-refractivity contribution in [2.75, 3.05) is 0 Å². The van der Waals surface area contributed by atoms with E-state index in [-0.39, 0.29) is 93.0 Å². The van der Waals surface area contributed by atoms with Gasteiger partial charge in [0.15, 0.2) is 0 Å². The van der Waals surface area contributed by atoms with E-state index in [1.807, 2.05) is 19.1 Å². The maximum Gasteiger partial charge on any atom is 0.126 e. The van der Waals surface area contributed by atoms with Gasteiger partial charge in [0.1, 0.15) is 69.0 Å². The van der Waals surface area contributed by atoms with E-state index in [0.717, 1.165) is 35.4 Å². The van der Waals surface area contributed by atoms with Crippen LogP contribution >= 0.6 is 0 Å². The predicted octanol–water partition coefficient (Wildman–Crippen LogP) is 6.82. The maximum absolute atomic E-state index is 10.7. The topological polar surface area (TPSA) is 243 Å². The van der Waals surface area contributed by atoms with E-state index < -0.39 is 0 Å². The summed E-state index contributed by atoms with van der Waals surface area (Å²) < 4.78 is 0. The lowest BCUT2D eigenvalue weighted by atomic mass is 9.94. The highest BCUT2D eigenvalue weighted by atomic mass is 16.3. The summed E-state index contributed by atoms with van der Waals surface area (Å²) in [4.78, 5) is 0. The fraction of sp³-hybridized carbons (Fsp3) is 0.143. The normalized spacial score (nSPS) is 10.9. The number of phenolic OH excluding ortho intramolecular Hbond substituents is 12. The number of hydrogen-bond acceptors (Lipinski definition) is 12. The van der Waals surface area contributed by atoms with E-state index in [4.69, 9.17) is 0 Å². The van der Waals surface area contributed by atoms with Gasteiger partial charge in [-0.25, -0.2) is 0 Å². The summed E-state index contributed by atoms with van der Waals surface area (Å²) in [6.45, 7) is 3.69. The highest BCUT2D eigenvalue weighted by Gasteiger charge is 2.19. The SMILES string of the molecule is Cc1cc(Cc2c(O)cc(O)cc2O)c(O)c(Cc2c(O)cc(O)cc2O)c1.Cc1cc(Cc2ccc(O)cc2O)c(O)c(Cc2ccc(O)cc2O)c1. The zero-order valence-electron chi connectivity index (χ0n) is 29.3. The summed E-state index contributed by atoms with van der Waals surface area (Å²) in [5, 5.41) is 119. The Balaban J connectivity index is 0.000000208. The first-order chi connectivity index (χ1) is 25.5. The van der Waals surface area contributed by atoms with Crippen LogP contribution in [0, 0.1) is 13.8 Å². The van der Waals surface area contributed by atoms with Gasteiger partial charge >= 0.3 is 0 Å². The van der Waals surface area contributed by atoms with Crippen LogP contribution < -0.4 is 0 Å². The lowest BCUT2D eigenvalue weighted by molar-refractivity contribution is 0.419. The van der Waals surface area contributed by atoms with E-state index in [1.165, 1.54) is 24.3 Å². The van der Waals surface area contributed by atoms with Crippen LogP contribution in [0.5, 0.6) is 69.0 Å². The lowest BCUT2D eigenvalue weighted by Crippen LogP contribution is -1.98. The molecule has 0 bridgehead atoms. The molecule has 0 saturated heterocycles. The van der Waals surface area contributed by atoms with Crippen LogP contribution in [0.3, 0.4) is 0 Å². The minimum atomic E-state index is -0.311. The molecule has 0 aliphatic carbocycles. The molecule has 0 aliphatic rings. The van der Waals surface area contributed by atoms with E-state index in [2.05, 4.69) is 0 Å². The summed E-state index contributed by atoms with van der Waals surface area (Å²) in [6, 6.07) is 20.1. The molecule has 0 heterocycles. The molecule has 6 aromatic carbocycles. The number of benzene rings is 6. The summed E-state index contributed by atoms with van der Waals surface area (Å²) in [6.07, 6.45) is 0.584. The first kappa shape index (κ1) is 38.2. The zero-order chi connectivity index (χ0) is 39.4. The Bertz CT molecular complexity index is 2150. The number of rotatable bonds is 8. The zero-order valence-corrected chi connectivity index (χ0v) is 29.3. The molecule has 12 heteroatoms.